The molecule has 0 saturated heterocycles. The summed E-state index contributed by atoms with van der Waals surface area (Å²) < 4.78 is 0.885. The van der Waals surface area contributed by atoms with Crippen LogP contribution in [-0.4, -0.2) is 22.5 Å². The van der Waals surface area contributed by atoms with Crippen LogP contribution in [0.15, 0.2) is 33.7 Å². The zero-order valence-corrected chi connectivity index (χ0v) is 10.1. The molecule has 1 heterocycles. The van der Waals surface area contributed by atoms with Gasteiger partial charge in [-0.1, -0.05) is 13.5 Å². The molecule has 0 aromatic carbocycles. The largest absolute Gasteiger partial charge is 0.478 e. The third-order valence-electron chi connectivity index (χ3n) is 1.91. The van der Waals surface area contributed by atoms with Gasteiger partial charge in [-0.3, -0.25) is 0 Å². The summed E-state index contributed by atoms with van der Waals surface area (Å²) >= 11 is 2.10. The predicted octanol–water partition coefficient (Wildman–Crippen LogP) is 2.51. The van der Waals surface area contributed by atoms with Gasteiger partial charge in [-0.25, -0.2) is 4.79 Å². The summed E-state index contributed by atoms with van der Waals surface area (Å²) in [4.78, 5) is 12.7. The standard InChI is InChI=1S/C10H12INO2/c1-3-4-12-6-8(10(13)14)5-9(11)7(12)2/h5-6H,2-4H2,1H3,(H,13,14). The molecule has 0 radical (unpaired) electrons. The first-order valence-corrected chi connectivity index (χ1v) is 5.42. The highest BCUT2D eigenvalue weighted by Gasteiger charge is 2.17. The first-order chi connectivity index (χ1) is 6.56. The first-order valence-electron chi connectivity index (χ1n) is 4.34. The molecule has 14 heavy (non-hydrogen) atoms. The highest BCUT2D eigenvalue weighted by molar-refractivity contribution is 14.1. The third kappa shape index (κ3) is 2.37. The number of aliphatic carboxylic acids is 1. The van der Waals surface area contributed by atoms with Crippen molar-refractivity contribution in [2.75, 3.05) is 6.54 Å². The van der Waals surface area contributed by atoms with Gasteiger partial charge in [0.2, 0.25) is 0 Å². The summed E-state index contributed by atoms with van der Waals surface area (Å²) in [5.74, 6) is -0.896. The first kappa shape index (κ1) is 11.3. The Kier molecular flexibility index (Phi) is 3.74. The Morgan fingerprint density at radius 3 is 2.86 bits per heavy atom. The van der Waals surface area contributed by atoms with E-state index in [0.717, 1.165) is 22.2 Å². The molecule has 0 fully saturated rings. The van der Waals surface area contributed by atoms with Crippen molar-refractivity contribution in [2.24, 2.45) is 0 Å². The lowest BCUT2D eigenvalue weighted by atomic mass is 10.1. The van der Waals surface area contributed by atoms with E-state index in [9.17, 15) is 4.79 Å². The van der Waals surface area contributed by atoms with Crippen molar-refractivity contribution >= 4 is 28.6 Å². The van der Waals surface area contributed by atoms with Crippen molar-refractivity contribution in [3.63, 3.8) is 0 Å². The van der Waals surface area contributed by atoms with Crippen molar-refractivity contribution in [1.82, 2.24) is 4.90 Å². The molecule has 3 nitrogen and oxygen atoms in total. The Balaban J connectivity index is 2.95. The summed E-state index contributed by atoms with van der Waals surface area (Å²) in [5, 5.41) is 8.86. The van der Waals surface area contributed by atoms with Crippen LogP contribution >= 0.6 is 22.6 Å². The van der Waals surface area contributed by atoms with Crippen LogP contribution in [0.5, 0.6) is 0 Å². The van der Waals surface area contributed by atoms with Gasteiger partial charge >= 0.3 is 5.97 Å². The van der Waals surface area contributed by atoms with Gasteiger partial charge in [0.1, 0.15) is 0 Å². The van der Waals surface area contributed by atoms with Gasteiger partial charge in [0, 0.05) is 22.0 Å². The highest BCUT2D eigenvalue weighted by atomic mass is 127. The molecule has 0 bridgehead atoms. The Hall–Kier alpha value is -0.780. The maximum absolute atomic E-state index is 10.8. The fourth-order valence-electron chi connectivity index (χ4n) is 1.20. The highest BCUT2D eigenvalue weighted by Crippen LogP contribution is 2.27. The number of hydrogen-bond acceptors (Lipinski definition) is 2. The van der Waals surface area contributed by atoms with Crippen molar-refractivity contribution in [1.29, 1.82) is 0 Å². The Morgan fingerprint density at radius 2 is 2.36 bits per heavy atom. The van der Waals surface area contributed by atoms with Crippen LogP contribution in [0, 0.1) is 0 Å². The normalized spacial score (nSPS) is 16.4. The number of hydrogen-bond donors (Lipinski definition) is 1. The number of halogens is 1. The Bertz CT molecular complexity index is 331. The minimum absolute atomic E-state index is 0.315. The number of carboxylic acid groups (broad SMARTS) is 1. The second kappa shape index (κ2) is 4.63. The number of rotatable bonds is 3. The van der Waals surface area contributed by atoms with Gasteiger partial charge < -0.3 is 10.0 Å². The second-order valence-electron chi connectivity index (χ2n) is 3.02. The van der Waals surface area contributed by atoms with E-state index >= 15 is 0 Å². The molecule has 76 valence electrons. The maximum Gasteiger partial charge on any atom is 0.337 e. The van der Waals surface area contributed by atoms with E-state index in [4.69, 9.17) is 5.11 Å². The number of allylic oxidation sites excluding steroid dienone is 1. The second-order valence-corrected chi connectivity index (χ2v) is 4.18. The molecule has 0 aromatic heterocycles. The molecular weight excluding hydrogens is 293 g/mol. The predicted molar refractivity (Wildman–Crippen MR) is 64.0 cm³/mol. The summed E-state index contributed by atoms with van der Waals surface area (Å²) in [5.41, 5.74) is 1.19. The maximum atomic E-state index is 10.8. The Labute approximate surface area is 96.9 Å². The SMILES string of the molecule is C=C1C(I)=CC(C(=O)O)=CN1CCC. The van der Waals surface area contributed by atoms with E-state index in [1.54, 1.807) is 12.3 Å². The zero-order chi connectivity index (χ0) is 10.7. The van der Waals surface area contributed by atoms with E-state index in [-0.39, 0.29) is 0 Å². The van der Waals surface area contributed by atoms with Gasteiger partial charge in [-0.15, -0.1) is 0 Å². The van der Waals surface area contributed by atoms with Gasteiger partial charge in [0.15, 0.2) is 0 Å². The minimum Gasteiger partial charge on any atom is -0.478 e. The lowest BCUT2D eigenvalue weighted by molar-refractivity contribution is -0.132. The van der Waals surface area contributed by atoms with Gasteiger partial charge in [-0.2, -0.15) is 0 Å². The van der Waals surface area contributed by atoms with Crippen molar-refractivity contribution in [3.05, 3.63) is 33.7 Å². The van der Waals surface area contributed by atoms with E-state index in [1.807, 2.05) is 11.8 Å². The monoisotopic (exact) mass is 305 g/mol. The molecule has 0 aliphatic carbocycles. The summed E-state index contributed by atoms with van der Waals surface area (Å²) in [6, 6.07) is 0. The van der Waals surface area contributed by atoms with E-state index in [2.05, 4.69) is 29.2 Å². The molecule has 4 heteroatoms. The molecule has 0 saturated carbocycles. The van der Waals surface area contributed by atoms with Gasteiger partial charge in [0.05, 0.1) is 5.57 Å². The van der Waals surface area contributed by atoms with Crippen molar-refractivity contribution in [2.45, 2.75) is 13.3 Å². The molecule has 1 N–H and O–H groups in total. The van der Waals surface area contributed by atoms with E-state index < -0.39 is 5.97 Å². The molecule has 0 aromatic rings. The van der Waals surface area contributed by atoms with Crippen molar-refractivity contribution in [3.8, 4) is 0 Å². The smallest absolute Gasteiger partial charge is 0.337 e. The summed E-state index contributed by atoms with van der Waals surface area (Å²) in [6.07, 6.45) is 4.24. The molecule has 1 rings (SSSR count). The fraction of sp³-hybridized carbons (Fsp3) is 0.300. The topological polar surface area (TPSA) is 40.5 Å². The molecule has 0 amide bonds. The lowest BCUT2D eigenvalue weighted by Gasteiger charge is -2.25. The molecule has 1 aliphatic rings. The molecule has 0 spiro atoms. The van der Waals surface area contributed by atoms with Crippen LogP contribution in [0.1, 0.15) is 13.3 Å². The Morgan fingerprint density at radius 1 is 1.71 bits per heavy atom. The van der Waals surface area contributed by atoms with Crippen molar-refractivity contribution < 1.29 is 9.90 Å². The molecule has 1 aliphatic heterocycles. The van der Waals surface area contributed by atoms with E-state index in [1.165, 1.54) is 0 Å². The number of nitrogens with zero attached hydrogens (tertiary/aromatic N) is 1. The van der Waals surface area contributed by atoms with Gasteiger partial charge in [0.25, 0.3) is 0 Å². The van der Waals surface area contributed by atoms with E-state index in [0.29, 0.717) is 5.57 Å². The van der Waals surface area contributed by atoms with Crippen LogP contribution < -0.4 is 0 Å². The summed E-state index contributed by atoms with van der Waals surface area (Å²) in [6.45, 7) is 6.75. The van der Waals surface area contributed by atoms with Crippen LogP contribution in [0.3, 0.4) is 0 Å². The van der Waals surface area contributed by atoms with Gasteiger partial charge in [-0.05, 0) is 35.1 Å². The average molecular weight is 305 g/mol. The van der Waals surface area contributed by atoms with Crippen LogP contribution in [0.4, 0.5) is 0 Å². The quantitative estimate of drug-likeness (QED) is 0.815. The van der Waals surface area contributed by atoms with Crippen LogP contribution in [0.2, 0.25) is 0 Å². The summed E-state index contributed by atoms with van der Waals surface area (Å²) in [7, 11) is 0. The molecule has 0 atom stereocenters. The van der Waals surface area contributed by atoms with Crippen LogP contribution in [0.25, 0.3) is 0 Å². The minimum atomic E-state index is -0.896. The number of carbonyl (C=O) groups is 1. The van der Waals surface area contributed by atoms with Crippen LogP contribution in [-0.2, 0) is 4.79 Å². The number of carboxylic acids is 1. The average Bonchev–Trinajstić information content (AvgIpc) is 2.12. The molecular formula is C10H12INO2. The fourth-order valence-corrected chi connectivity index (χ4v) is 1.84. The lowest BCUT2D eigenvalue weighted by Crippen LogP contribution is -2.22. The third-order valence-corrected chi connectivity index (χ3v) is 2.85. The zero-order valence-electron chi connectivity index (χ0n) is 7.96. The molecule has 0 unspecified atom stereocenters.